The van der Waals surface area contributed by atoms with E-state index in [9.17, 15) is 9.50 Å². The lowest BCUT2D eigenvalue weighted by atomic mass is 10.0. The van der Waals surface area contributed by atoms with Crippen molar-refractivity contribution < 1.29 is 14.2 Å². The molecule has 2 N–H and O–H groups in total. The minimum absolute atomic E-state index is 0.257. The van der Waals surface area contributed by atoms with Crippen molar-refractivity contribution in [3.8, 4) is 0 Å². The van der Waals surface area contributed by atoms with Gasteiger partial charge in [-0.15, -0.1) is 0 Å². The third-order valence-corrected chi connectivity index (χ3v) is 3.63. The van der Waals surface area contributed by atoms with Crippen LogP contribution in [-0.4, -0.2) is 30.5 Å². The van der Waals surface area contributed by atoms with Crippen LogP contribution in [0.25, 0.3) is 0 Å². The number of hydrogen-bond acceptors (Lipinski definition) is 3. The summed E-state index contributed by atoms with van der Waals surface area (Å²) in [7, 11) is 0. The van der Waals surface area contributed by atoms with Gasteiger partial charge in [0, 0.05) is 30.6 Å². The van der Waals surface area contributed by atoms with Crippen molar-refractivity contribution in [1.82, 2.24) is 5.32 Å². The Labute approximate surface area is 108 Å². The van der Waals surface area contributed by atoms with Gasteiger partial charge in [0.1, 0.15) is 11.4 Å². The van der Waals surface area contributed by atoms with Gasteiger partial charge in [-0.25, -0.2) is 4.39 Å². The molecule has 0 aliphatic carbocycles. The lowest BCUT2D eigenvalue weighted by Gasteiger charge is -2.20. The minimum Gasteiger partial charge on any atom is -0.386 e. The zero-order chi connectivity index (χ0) is 12.3. The van der Waals surface area contributed by atoms with Crippen molar-refractivity contribution in [1.29, 1.82) is 0 Å². The van der Waals surface area contributed by atoms with E-state index >= 15 is 0 Å². The molecule has 0 radical (unpaired) electrons. The fraction of sp³-hybridized carbons (Fsp3) is 0.500. The summed E-state index contributed by atoms with van der Waals surface area (Å²) in [6, 6.07) is 4.57. The van der Waals surface area contributed by atoms with Gasteiger partial charge < -0.3 is 15.2 Å². The van der Waals surface area contributed by atoms with Crippen molar-refractivity contribution in [2.24, 2.45) is 0 Å². The van der Waals surface area contributed by atoms with Crippen LogP contribution in [0.3, 0.4) is 0 Å². The largest absolute Gasteiger partial charge is 0.386 e. The molecule has 1 atom stereocenters. The molecule has 0 amide bonds. The Bertz CT molecular complexity index is 394. The van der Waals surface area contributed by atoms with E-state index in [1.54, 1.807) is 6.07 Å². The van der Waals surface area contributed by atoms with E-state index in [1.165, 1.54) is 12.1 Å². The molecule has 0 aromatic heterocycles. The zero-order valence-electron chi connectivity index (χ0n) is 9.38. The molecule has 0 bridgehead atoms. The van der Waals surface area contributed by atoms with E-state index in [4.69, 9.17) is 4.74 Å². The molecule has 17 heavy (non-hydrogen) atoms. The maximum Gasteiger partial charge on any atom is 0.123 e. The first kappa shape index (κ1) is 13.0. The van der Waals surface area contributed by atoms with Gasteiger partial charge in [0.15, 0.2) is 0 Å². The first-order valence-corrected chi connectivity index (χ1v) is 6.33. The van der Waals surface area contributed by atoms with Crippen molar-refractivity contribution in [2.45, 2.75) is 18.6 Å². The Morgan fingerprint density at radius 1 is 1.53 bits per heavy atom. The second-order valence-corrected chi connectivity index (χ2v) is 5.22. The predicted molar refractivity (Wildman–Crippen MR) is 66.2 cm³/mol. The molecule has 1 heterocycles. The van der Waals surface area contributed by atoms with Crippen LogP contribution in [0, 0.1) is 5.82 Å². The number of halogens is 2. The molecule has 0 spiro atoms. The van der Waals surface area contributed by atoms with Crippen molar-refractivity contribution in [3.05, 3.63) is 34.1 Å². The quantitative estimate of drug-likeness (QED) is 0.892. The van der Waals surface area contributed by atoms with E-state index in [-0.39, 0.29) is 5.82 Å². The van der Waals surface area contributed by atoms with Crippen LogP contribution in [-0.2, 0) is 11.3 Å². The van der Waals surface area contributed by atoms with Crippen LogP contribution < -0.4 is 5.32 Å². The second-order valence-electron chi connectivity index (χ2n) is 4.37. The summed E-state index contributed by atoms with van der Waals surface area (Å²) >= 11 is 3.36. The normalized spacial score (nSPS) is 24.2. The highest BCUT2D eigenvalue weighted by Gasteiger charge is 2.31. The Hall–Kier alpha value is -0.490. The topological polar surface area (TPSA) is 41.5 Å². The summed E-state index contributed by atoms with van der Waals surface area (Å²) < 4.78 is 19.0. The predicted octanol–water partition coefficient (Wildman–Crippen LogP) is 1.83. The molecule has 1 saturated heterocycles. The van der Waals surface area contributed by atoms with E-state index in [2.05, 4.69) is 21.2 Å². The summed E-state index contributed by atoms with van der Waals surface area (Å²) in [5.41, 5.74) is 0.0623. The Morgan fingerprint density at radius 2 is 2.35 bits per heavy atom. The standard InChI is InChI=1S/C12H15BrFNO2/c13-11-2-1-10(14)5-9(11)6-15-7-12(16)3-4-17-8-12/h1-2,5,15-16H,3-4,6-8H2. The number of rotatable bonds is 4. The van der Waals surface area contributed by atoms with E-state index in [1.807, 2.05) is 0 Å². The lowest BCUT2D eigenvalue weighted by Crippen LogP contribution is -2.40. The third-order valence-electron chi connectivity index (χ3n) is 2.86. The molecular weight excluding hydrogens is 289 g/mol. The summed E-state index contributed by atoms with van der Waals surface area (Å²) in [4.78, 5) is 0. The van der Waals surface area contributed by atoms with Crippen LogP contribution in [0.4, 0.5) is 4.39 Å². The maximum atomic E-state index is 13.0. The van der Waals surface area contributed by atoms with Crippen molar-refractivity contribution in [3.63, 3.8) is 0 Å². The smallest absolute Gasteiger partial charge is 0.123 e. The van der Waals surface area contributed by atoms with Crippen LogP contribution >= 0.6 is 15.9 Å². The summed E-state index contributed by atoms with van der Waals surface area (Å²) in [6.45, 7) is 1.93. The highest BCUT2D eigenvalue weighted by Crippen LogP contribution is 2.19. The molecule has 1 unspecified atom stereocenters. The molecule has 1 aliphatic rings. The SMILES string of the molecule is OC1(CNCc2cc(F)ccc2Br)CCOC1. The summed E-state index contributed by atoms with van der Waals surface area (Å²) in [6.07, 6.45) is 0.643. The molecule has 1 aromatic carbocycles. The minimum atomic E-state index is -0.778. The first-order chi connectivity index (χ1) is 8.09. The Kier molecular flexibility index (Phi) is 4.14. The molecule has 1 fully saturated rings. The molecule has 94 valence electrons. The summed E-state index contributed by atoms with van der Waals surface area (Å²) in [5.74, 6) is -0.257. The Morgan fingerprint density at radius 3 is 3.06 bits per heavy atom. The van der Waals surface area contributed by atoms with Gasteiger partial charge in [-0.05, 0) is 23.8 Å². The molecule has 1 aromatic rings. The van der Waals surface area contributed by atoms with Gasteiger partial charge in [0.2, 0.25) is 0 Å². The molecule has 5 heteroatoms. The fourth-order valence-corrected chi connectivity index (χ4v) is 2.23. The number of nitrogens with one attached hydrogen (secondary N) is 1. The first-order valence-electron chi connectivity index (χ1n) is 5.54. The molecule has 2 rings (SSSR count). The maximum absolute atomic E-state index is 13.0. The highest BCUT2D eigenvalue weighted by atomic mass is 79.9. The lowest BCUT2D eigenvalue weighted by molar-refractivity contribution is 0.0268. The molecule has 0 saturated carbocycles. The monoisotopic (exact) mass is 303 g/mol. The van der Waals surface area contributed by atoms with E-state index in [0.29, 0.717) is 32.7 Å². The van der Waals surface area contributed by atoms with Gasteiger partial charge >= 0.3 is 0 Å². The van der Waals surface area contributed by atoms with Crippen LogP contribution in [0.1, 0.15) is 12.0 Å². The Balaban J connectivity index is 1.87. The van der Waals surface area contributed by atoms with Gasteiger partial charge in [0.05, 0.1) is 6.61 Å². The van der Waals surface area contributed by atoms with Crippen molar-refractivity contribution in [2.75, 3.05) is 19.8 Å². The molecular formula is C12H15BrFNO2. The highest BCUT2D eigenvalue weighted by molar-refractivity contribution is 9.10. The summed E-state index contributed by atoms with van der Waals surface area (Å²) in [5, 5.41) is 13.1. The number of hydrogen-bond donors (Lipinski definition) is 2. The number of ether oxygens (including phenoxy) is 1. The van der Waals surface area contributed by atoms with E-state index < -0.39 is 5.60 Å². The van der Waals surface area contributed by atoms with Crippen molar-refractivity contribution >= 4 is 15.9 Å². The fourth-order valence-electron chi connectivity index (χ4n) is 1.84. The zero-order valence-corrected chi connectivity index (χ0v) is 11.0. The van der Waals surface area contributed by atoms with Gasteiger partial charge in [-0.1, -0.05) is 15.9 Å². The average Bonchev–Trinajstić information content (AvgIpc) is 2.71. The van der Waals surface area contributed by atoms with Crippen LogP contribution in [0.15, 0.2) is 22.7 Å². The number of benzene rings is 1. The second kappa shape index (κ2) is 5.44. The number of aliphatic hydroxyl groups is 1. The average molecular weight is 304 g/mol. The third kappa shape index (κ3) is 3.48. The van der Waals surface area contributed by atoms with Gasteiger partial charge in [0.25, 0.3) is 0 Å². The van der Waals surface area contributed by atoms with Crippen LogP contribution in [0.5, 0.6) is 0 Å². The van der Waals surface area contributed by atoms with Gasteiger partial charge in [-0.2, -0.15) is 0 Å². The molecule has 1 aliphatic heterocycles. The van der Waals surface area contributed by atoms with Gasteiger partial charge in [-0.3, -0.25) is 0 Å². The van der Waals surface area contributed by atoms with Crippen LogP contribution in [0.2, 0.25) is 0 Å². The molecule has 3 nitrogen and oxygen atoms in total. The van der Waals surface area contributed by atoms with E-state index in [0.717, 1.165) is 10.0 Å².